The number of carbonyl (C=O) groups is 1. The van der Waals surface area contributed by atoms with Crippen LogP contribution in [0.15, 0.2) is 24.3 Å². The van der Waals surface area contributed by atoms with Gasteiger partial charge in [0.25, 0.3) is 0 Å². The van der Waals surface area contributed by atoms with Gasteiger partial charge < -0.3 is 5.73 Å². The number of Topliss-reactive ketones (excluding diaryl/α,β-unsaturated/α-hetero) is 1. The number of rotatable bonds is 4. The van der Waals surface area contributed by atoms with Crippen LogP contribution >= 0.6 is 0 Å². The highest BCUT2D eigenvalue weighted by Crippen LogP contribution is 2.30. The second-order valence-corrected chi connectivity index (χ2v) is 5.14. The lowest BCUT2D eigenvalue weighted by atomic mass is 9.88. The van der Waals surface area contributed by atoms with Crippen molar-refractivity contribution in [2.75, 3.05) is 0 Å². The van der Waals surface area contributed by atoms with Crippen molar-refractivity contribution in [3.63, 3.8) is 0 Å². The molecule has 0 saturated heterocycles. The number of hydrogen-bond donors (Lipinski definition) is 1. The molecular weight excluding hydrogens is 210 g/mol. The molecule has 0 unspecified atom stereocenters. The monoisotopic (exact) mass is 231 g/mol. The molecule has 1 aromatic rings. The molecule has 2 heteroatoms. The number of aryl methyl sites for hydroxylation is 1. The maximum Gasteiger partial charge on any atom is 0.182 e. The largest absolute Gasteiger partial charge is 0.319 e. The van der Waals surface area contributed by atoms with Crippen LogP contribution < -0.4 is 5.73 Å². The smallest absolute Gasteiger partial charge is 0.182 e. The summed E-state index contributed by atoms with van der Waals surface area (Å²) in [4.78, 5) is 12.4. The summed E-state index contributed by atoms with van der Waals surface area (Å²) in [6.07, 6.45) is 5.96. The molecule has 0 bridgehead atoms. The first-order valence-electron chi connectivity index (χ1n) is 6.58. The summed E-state index contributed by atoms with van der Waals surface area (Å²) >= 11 is 0. The molecule has 1 aromatic carbocycles. The minimum absolute atomic E-state index is 0.132. The standard InChI is InChI=1S/C15H21NO/c1-2-6-12-7-5-8-13(11-12)14(17)15(16)9-3-4-10-15/h5,7-8,11H,2-4,6,9-10,16H2,1H3. The zero-order valence-electron chi connectivity index (χ0n) is 10.5. The third kappa shape index (κ3) is 2.58. The molecule has 2 rings (SSSR count). The highest BCUT2D eigenvalue weighted by molar-refractivity contribution is 6.03. The maximum absolute atomic E-state index is 12.4. The number of ketones is 1. The SMILES string of the molecule is CCCc1cccc(C(=O)C2(N)CCCC2)c1. The quantitative estimate of drug-likeness (QED) is 0.809. The third-order valence-electron chi connectivity index (χ3n) is 3.68. The average molecular weight is 231 g/mol. The van der Waals surface area contributed by atoms with Crippen LogP contribution in [0.1, 0.15) is 54.9 Å². The van der Waals surface area contributed by atoms with E-state index in [2.05, 4.69) is 13.0 Å². The molecule has 17 heavy (non-hydrogen) atoms. The summed E-state index contributed by atoms with van der Waals surface area (Å²) in [6, 6.07) is 7.96. The van der Waals surface area contributed by atoms with E-state index in [1.54, 1.807) is 0 Å². The lowest BCUT2D eigenvalue weighted by molar-refractivity contribution is 0.0892. The lowest BCUT2D eigenvalue weighted by Gasteiger charge is -2.22. The van der Waals surface area contributed by atoms with Gasteiger partial charge in [0.05, 0.1) is 5.54 Å². The van der Waals surface area contributed by atoms with Crippen LogP contribution in [0, 0.1) is 0 Å². The van der Waals surface area contributed by atoms with Gasteiger partial charge in [0.2, 0.25) is 0 Å². The summed E-state index contributed by atoms with van der Waals surface area (Å²) in [5.74, 6) is 0.132. The van der Waals surface area contributed by atoms with Crippen LogP contribution in [-0.4, -0.2) is 11.3 Å². The number of hydrogen-bond acceptors (Lipinski definition) is 2. The predicted octanol–water partition coefficient (Wildman–Crippen LogP) is 3.09. The Balaban J connectivity index is 2.21. The van der Waals surface area contributed by atoms with Gasteiger partial charge in [-0.1, -0.05) is 44.4 Å². The van der Waals surface area contributed by atoms with Crippen LogP contribution in [0.4, 0.5) is 0 Å². The molecule has 0 amide bonds. The second kappa shape index (κ2) is 5.01. The van der Waals surface area contributed by atoms with Gasteiger partial charge in [0, 0.05) is 5.56 Å². The Morgan fingerprint density at radius 2 is 2.06 bits per heavy atom. The molecule has 0 aromatic heterocycles. The topological polar surface area (TPSA) is 43.1 Å². The molecule has 0 atom stereocenters. The van der Waals surface area contributed by atoms with Gasteiger partial charge in [-0.15, -0.1) is 0 Å². The summed E-state index contributed by atoms with van der Waals surface area (Å²) in [7, 11) is 0. The number of benzene rings is 1. The van der Waals surface area contributed by atoms with Crippen molar-refractivity contribution >= 4 is 5.78 Å². The predicted molar refractivity (Wildman–Crippen MR) is 70.2 cm³/mol. The molecule has 1 saturated carbocycles. The zero-order valence-corrected chi connectivity index (χ0v) is 10.5. The van der Waals surface area contributed by atoms with E-state index in [0.29, 0.717) is 0 Å². The van der Waals surface area contributed by atoms with E-state index in [1.165, 1.54) is 5.56 Å². The summed E-state index contributed by atoms with van der Waals surface area (Å²) in [6.45, 7) is 2.15. The van der Waals surface area contributed by atoms with E-state index in [1.807, 2.05) is 18.2 Å². The van der Waals surface area contributed by atoms with Crippen LogP contribution in [0.25, 0.3) is 0 Å². The molecule has 0 aliphatic heterocycles. The minimum Gasteiger partial charge on any atom is -0.319 e. The fourth-order valence-corrected chi connectivity index (χ4v) is 2.68. The molecule has 1 fully saturated rings. The van der Waals surface area contributed by atoms with Gasteiger partial charge in [-0.05, 0) is 30.9 Å². The van der Waals surface area contributed by atoms with Crippen LogP contribution in [0.2, 0.25) is 0 Å². The molecule has 1 aliphatic rings. The van der Waals surface area contributed by atoms with E-state index in [-0.39, 0.29) is 5.78 Å². The van der Waals surface area contributed by atoms with Gasteiger partial charge >= 0.3 is 0 Å². The first-order chi connectivity index (χ1) is 8.15. The maximum atomic E-state index is 12.4. The Morgan fingerprint density at radius 1 is 1.35 bits per heavy atom. The summed E-state index contributed by atoms with van der Waals surface area (Å²) in [5, 5.41) is 0. The highest BCUT2D eigenvalue weighted by atomic mass is 16.1. The van der Waals surface area contributed by atoms with Crippen molar-refractivity contribution in [1.29, 1.82) is 0 Å². The van der Waals surface area contributed by atoms with Crippen molar-refractivity contribution in [3.05, 3.63) is 35.4 Å². The van der Waals surface area contributed by atoms with E-state index < -0.39 is 5.54 Å². The van der Waals surface area contributed by atoms with Gasteiger partial charge in [0.15, 0.2) is 5.78 Å². The zero-order chi connectivity index (χ0) is 12.3. The van der Waals surface area contributed by atoms with Crippen LogP contribution in [0.5, 0.6) is 0 Å². The Hall–Kier alpha value is -1.15. The first-order valence-corrected chi connectivity index (χ1v) is 6.58. The van der Waals surface area contributed by atoms with Crippen molar-refractivity contribution in [2.45, 2.75) is 51.0 Å². The molecule has 2 nitrogen and oxygen atoms in total. The molecule has 0 heterocycles. The molecule has 1 aliphatic carbocycles. The average Bonchev–Trinajstić information content (AvgIpc) is 2.77. The van der Waals surface area contributed by atoms with E-state index in [4.69, 9.17) is 5.73 Å². The normalized spacial score (nSPS) is 18.2. The van der Waals surface area contributed by atoms with Crippen LogP contribution in [0.3, 0.4) is 0 Å². The lowest BCUT2D eigenvalue weighted by Crippen LogP contribution is -2.45. The van der Waals surface area contributed by atoms with Gasteiger partial charge in [-0.3, -0.25) is 4.79 Å². The second-order valence-electron chi connectivity index (χ2n) is 5.14. The highest BCUT2D eigenvalue weighted by Gasteiger charge is 2.37. The Bertz CT molecular complexity index is 405. The van der Waals surface area contributed by atoms with E-state index in [0.717, 1.165) is 44.1 Å². The van der Waals surface area contributed by atoms with Crippen molar-refractivity contribution in [2.24, 2.45) is 5.73 Å². The summed E-state index contributed by atoms with van der Waals surface area (Å²) < 4.78 is 0. The molecule has 2 N–H and O–H groups in total. The molecule has 0 radical (unpaired) electrons. The number of nitrogens with two attached hydrogens (primary N) is 1. The van der Waals surface area contributed by atoms with E-state index >= 15 is 0 Å². The van der Waals surface area contributed by atoms with Crippen molar-refractivity contribution < 1.29 is 4.79 Å². The summed E-state index contributed by atoms with van der Waals surface area (Å²) in [5.41, 5.74) is 7.64. The van der Waals surface area contributed by atoms with Gasteiger partial charge in [0.1, 0.15) is 0 Å². The molecule has 92 valence electrons. The van der Waals surface area contributed by atoms with Gasteiger partial charge in [-0.2, -0.15) is 0 Å². The Labute approximate surface area is 103 Å². The Kier molecular flexibility index (Phi) is 3.63. The van der Waals surface area contributed by atoms with Gasteiger partial charge in [-0.25, -0.2) is 0 Å². The molecule has 0 spiro atoms. The van der Waals surface area contributed by atoms with Crippen LogP contribution in [-0.2, 0) is 6.42 Å². The fourth-order valence-electron chi connectivity index (χ4n) is 2.68. The Morgan fingerprint density at radius 3 is 2.71 bits per heavy atom. The van der Waals surface area contributed by atoms with Crippen molar-refractivity contribution in [1.82, 2.24) is 0 Å². The number of carbonyl (C=O) groups excluding carboxylic acids is 1. The third-order valence-corrected chi connectivity index (χ3v) is 3.68. The van der Waals surface area contributed by atoms with E-state index in [9.17, 15) is 4.79 Å². The minimum atomic E-state index is -0.592. The molecular formula is C15H21NO. The fraction of sp³-hybridized carbons (Fsp3) is 0.533. The van der Waals surface area contributed by atoms with Crippen molar-refractivity contribution in [3.8, 4) is 0 Å². The first kappa shape index (κ1) is 12.3.